The highest BCUT2D eigenvalue weighted by atomic mass is 28.1. The van der Waals surface area contributed by atoms with Crippen LogP contribution in [0.15, 0.2) is 59.1 Å². The van der Waals surface area contributed by atoms with Crippen LogP contribution in [-0.2, 0) is 5.54 Å². The Morgan fingerprint density at radius 1 is 1.19 bits per heavy atom. The molecule has 1 saturated carbocycles. The van der Waals surface area contributed by atoms with E-state index in [0.29, 0.717) is 11.3 Å². The van der Waals surface area contributed by atoms with E-state index in [9.17, 15) is 4.79 Å². The van der Waals surface area contributed by atoms with Crippen molar-refractivity contribution in [1.29, 1.82) is 0 Å². The summed E-state index contributed by atoms with van der Waals surface area (Å²) in [6.07, 6.45) is 4.63. The summed E-state index contributed by atoms with van der Waals surface area (Å²) in [5.74, 6) is 2.34. The van der Waals surface area contributed by atoms with Crippen molar-refractivity contribution in [3.63, 3.8) is 0 Å². The van der Waals surface area contributed by atoms with Crippen molar-refractivity contribution in [2.24, 2.45) is 0 Å². The summed E-state index contributed by atoms with van der Waals surface area (Å²) in [6, 6.07) is 16.4. The Balaban J connectivity index is 1.33. The molecule has 0 spiro atoms. The Hall–Kier alpha value is -3.42. The molecule has 37 heavy (non-hydrogen) atoms. The van der Waals surface area contributed by atoms with Gasteiger partial charge in [-0.3, -0.25) is 9.78 Å². The highest BCUT2D eigenvalue weighted by Crippen LogP contribution is 2.49. The molecule has 1 amide bonds. The number of benzene rings is 2. The number of fused-ring (bicyclic) bond motifs is 1. The minimum absolute atomic E-state index is 0.0921. The Kier molecular flexibility index (Phi) is 5.92. The fraction of sp³-hybridized carbons (Fsp3) is 0.333. The molecule has 1 aliphatic carbocycles. The predicted molar refractivity (Wildman–Crippen MR) is 145 cm³/mol. The molecule has 2 aliphatic rings. The molecule has 2 aromatic carbocycles. The van der Waals surface area contributed by atoms with E-state index in [1.807, 2.05) is 51.2 Å². The number of carbonyl (C=O) groups excluding carboxylic acids is 1. The van der Waals surface area contributed by atoms with Crippen molar-refractivity contribution in [2.75, 3.05) is 6.54 Å². The number of furan rings is 1. The number of aromatic nitrogens is 1. The lowest BCUT2D eigenvalue weighted by molar-refractivity contribution is 0.0929. The van der Waals surface area contributed by atoms with Crippen molar-refractivity contribution in [3.8, 4) is 16.9 Å². The van der Waals surface area contributed by atoms with E-state index in [-0.39, 0.29) is 17.7 Å². The number of aryl methyl sites for hydroxylation is 3. The summed E-state index contributed by atoms with van der Waals surface area (Å²) in [4.78, 5) is 18.3. The SMILES string of the molecule is Cc1cc(-c2cc(C3(NC(=O)c4cc(O[C@@H]([Si])[C@@H]5CCN5)ccc4C)CC3)c3cccnc3c2)c(C)o1. The Morgan fingerprint density at radius 2 is 2.00 bits per heavy atom. The second kappa shape index (κ2) is 9.15. The van der Waals surface area contributed by atoms with E-state index in [1.165, 1.54) is 0 Å². The van der Waals surface area contributed by atoms with Gasteiger partial charge in [0, 0.05) is 28.8 Å². The van der Waals surface area contributed by atoms with E-state index in [0.717, 1.165) is 70.5 Å². The van der Waals surface area contributed by atoms with Gasteiger partial charge in [-0.25, -0.2) is 0 Å². The standard InChI is InChI=1S/C30H30N3O3Si/c1-17-6-7-21(36-29(37)26-8-12-32-26)16-23(17)28(34)33-30(9-10-30)25-14-20(24-13-18(2)35-19(24)3)15-27-22(25)5-4-11-31-27/h4-7,11,13-16,26,29,32H,8-10,12H2,1-3H3,(H,33,34)/t26-,29-/m0/s1. The van der Waals surface area contributed by atoms with E-state index >= 15 is 0 Å². The summed E-state index contributed by atoms with van der Waals surface area (Å²) in [7, 11) is 3.68. The van der Waals surface area contributed by atoms with Gasteiger partial charge in [0.05, 0.1) is 27.0 Å². The summed E-state index contributed by atoms with van der Waals surface area (Å²) in [6.45, 7) is 6.90. The topological polar surface area (TPSA) is 76.4 Å². The first kappa shape index (κ1) is 23.9. The summed E-state index contributed by atoms with van der Waals surface area (Å²) in [5.41, 5.74) is 5.09. The van der Waals surface area contributed by atoms with Gasteiger partial charge in [-0.2, -0.15) is 0 Å². The Morgan fingerprint density at radius 3 is 2.68 bits per heavy atom. The lowest BCUT2D eigenvalue weighted by Crippen LogP contribution is -2.53. The zero-order valence-electron chi connectivity index (χ0n) is 21.4. The highest BCUT2D eigenvalue weighted by molar-refractivity contribution is 6.11. The van der Waals surface area contributed by atoms with Crippen LogP contribution in [-0.4, -0.2) is 39.4 Å². The molecule has 4 aromatic rings. The highest BCUT2D eigenvalue weighted by Gasteiger charge is 2.47. The first-order chi connectivity index (χ1) is 17.8. The van der Waals surface area contributed by atoms with E-state index < -0.39 is 5.54 Å². The number of hydrogen-bond acceptors (Lipinski definition) is 5. The molecule has 3 radical (unpaired) electrons. The predicted octanol–water partition coefficient (Wildman–Crippen LogP) is 5.07. The largest absolute Gasteiger partial charge is 0.493 e. The quantitative estimate of drug-likeness (QED) is 0.341. The third-order valence-corrected chi connectivity index (χ3v) is 8.16. The van der Waals surface area contributed by atoms with Crippen molar-refractivity contribution >= 4 is 27.1 Å². The lowest BCUT2D eigenvalue weighted by Gasteiger charge is -2.33. The molecule has 2 fully saturated rings. The zero-order chi connectivity index (χ0) is 25.7. The molecule has 7 heteroatoms. The van der Waals surface area contributed by atoms with Gasteiger partial charge in [-0.15, -0.1) is 0 Å². The number of nitrogens with zero attached hydrogens (tertiary/aromatic N) is 1. The molecule has 0 bridgehead atoms. The maximum atomic E-state index is 13.7. The number of nitrogens with one attached hydrogen (secondary N) is 2. The molecule has 187 valence electrons. The van der Waals surface area contributed by atoms with E-state index in [1.54, 1.807) is 0 Å². The number of amides is 1. The van der Waals surface area contributed by atoms with Gasteiger partial charge >= 0.3 is 0 Å². The molecule has 6 rings (SSSR count). The third kappa shape index (κ3) is 4.47. The van der Waals surface area contributed by atoms with Crippen LogP contribution in [0, 0.1) is 20.8 Å². The minimum atomic E-state index is -0.433. The maximum absolute atomic E-state index is 13.7. The molecule has 1 saturated heterocycles. The maximum Gasteiger partial charge on any atom is 0.252 e. The van der Waals surface area contributed by atoms with E-state index in [2.05, 4.69) is 50.1 Å². The van der Waals surface area contributed by atoms with Gasteiger partial charge in [0.1, 0.15) is 17.3 Å². The molecule has 3 heterocycles. The smallest absolute Gasteiger partial charge is 0.252 e. The van der Waals surface area contributed by atoms with Crippen LogP contribution in [0.25, 0.3) is 22.0 Å². The fourth-order valence-electron chi connectivity index (χ4n) is 5.24. The van der Waals surface area contributed by atoms with Crippen LogP contribution in [0.4, 0.5) is 0 Å². The van der Waals surface area contributed by atoms with Crippen molar-refractivity contribution < 1.29 is 13.9 Å². The molecule has 6 nitrogen and oxygen atoms in total. The van der Waals surface area contributed by atoms with Crippen molar-refractivity contribution in [3.05, 3.63) is 82.9 Å². The number of pyridine rings is 1. The van der Waals surface area contributed by atoms with Crippen molar-refractivity contribution in [1.82, 2.24) is 15.6 Å². The average molecular weight is 509 g/mol. The second-order valence-corrected chi connectivity index (χ2v) is 10.9. The van der Waals surface area contributed by atoms with Gasteiger partial charge in [0.2, 0.25) is 0 Å². The molecule has 2 atom stereocenters. The fourth-order valence-corrected chi connectivity index (χ4v) is 5.66. The van der Waals surface area contributed by atoms with Crippen LogP contribution in [0.3, 0.4) is 0 Å². The minimum Gasteiger partial charge on any atom is -0.493 e. The van der Waals surface area contributed by atoms with Crippen LogP contribution in [0.5, 0.6) is 5.75 Å². The van der Waals surface area contributed by atoms with Crippen LogP contribution < -0.4 is 15.4 Å². The molecule has 2 aromatic heterocycles. The average Bonchev–Trinajstić information content (AvgIpc) is 3.53. The van der Waals surface area contributed by atoms with Crippen LogP contribution in [0.1, 0.15) is 52.3 Å². The third-order valence-electron chi connectivity index (χ3n) is 7.64. The number of rotatable bonds is 7. The number of ether oxygens (including phenoxy) is 1. The van der Waals surface area contributed by atoms with Gasteiger partial charge in [0.25, 0.3) is 5.91 Å². The van der Waals surface area contributed by atoms with Gasteiger partial charge < -0.3 is 19.8 Å². The summed E-state index contributed by atoms with van der Waals surface area (Å²) >= 11 is 0. The Bertz CT molecular complexity index is 1500. The first-order valence-electron chi connectivity index (χ1n) is 12.8. The monoisotopic (exact) mass is 508 g/mol. The van der Waals surface area contributed by atoms with Crippen LogP contribution >= 0.6 is 0 Å². The molecule has 2 N–H and O–H groups in total. The molecule has 1 aliphatic heterocycles. The molecular weight excluding hydrogens is 478 g/mol. The van der Waals surface area contributed by atoms with Crippen LogP contribution in [0.2, 0.25) is 0 Å². The van der Waals surface area contributed by atoms with Gasteiger partial charge in [0.15, 0.2) is 0 Å². The lowest BCUT2D eigenvalue weighted by atomic mass is 9.93. The number of carbonyl (C=O) groups is 1. The van der Waals surface area contributed by atoms with Crippen molar-refractivity contribution in [2.45, 2.75) is 57.3 Å². The Labute approximate surface area is 220 Å². The van der Waals surface area contributed by atoms with Gasteiger partial charge in [-0.1, -0.05) is 12.1 Å². The summed E-state index contributed by atoms with van der Waals surface area (Å²) < 4.78 is 11.9. The molecule has 0 unspecified atom stereocenters. The second-order valence-electron chi connectivity index (χ2n) is 10.3. The van der Waals surface area contributed by atoms with E-state index in [4.69, 9.17) is 9.15 Å². The zero-order valence-corrected chi connectivity index (χ0v) is 22.4. The van der Waals surface area contributed by atoms with Gasteiger partial charge in [-0.05, 0) is 99.7 Å². The molecular formula is C30H30N3O3Si. The normalized spacial score (nSPS) is 18.8. The number of hydrogen-bond donors (Lipinski definition) is 2. The first-order valence-corrected chi connectivity index (χ1v) is 13.4. The summed E-state index contributed by atoms with van der Waals surface area (Å²) in [5, 5.41) is 7.79.